The summed E-state index contributed by atoms with van der Waals surface area (Å²) in [5, 5.41) is 85.7. The van der Waals surface area contributed by atoms with Crippen LogP contribution < -0.4 is 4.74 Å². The Labute approximate surface area is 231 Å². The van der Waals surface area contributed by atoms with E-state index >= 15 is 0 Å². The molecule has 0 amide bonds. The van der Waals surface area contributed by atoms with E-state index < -0.39 is 52.7 Å². The minimum Gasteiger partial charge on any atom is -0.508 e. The van der Waals surface area contributed by atoms with Crippen LogP contribution >= 0.6 is 23.2 Å². The second-order valence-corrected chi connectivity index (χ2v) is 8.53. The lowest BCUT2D eigenvalue weighted by Gasteiger charge is -2.34. The first-order valence-corrected chi connectivity index (χ1v) is 11.8. The number of hydrogen-bond donors (Lipinski definition) is 8. The molecule has 1 aliphatic heterocycles. The quantitative estimate of drug-likeness (QED) is 0.123. The first kappa shape index (κ1) is 30.6. The summed E-state index contributed by atoms with van der Waals surface area (Å²) in [4.78, 5) is 12.7. The zero-order valence-corrected chi connectivity index (χ0v) is 21.6. The summed E-state index contributed by atoms with van der Waals surface area (Å²) in [6, 6.07) is 7.93. The monoisotopic (exact) mass is 583 g/mol. The Morgan fingerprint density at radius 1 is 0.897 bits per heavy atom. The van der Waals surface area contributed by atoms with Crippen molar-refractivity contribution in [2.75, 3.05) is 5.34 Å². The van der Waals surface area contributed by atoms with Crippen molar-refractivity contribution in [3.8, 4) is 57.8 Å². The van der Waals surface area contributed by atoms with E-state index in [0.29, 0.717) is 0 Å². The van der Waals surface area contributed by atoms with Gasteiger partial charge in [0.1, 0.15) is 23.4 Å². The zero-order chi connectivity index (χ0) is 29.4. The van der Waals surface area contributed by atoms with E-state index in [1.54, 1.807) is 6.07 Å². The lowest BCUT2D eigenvalue weighted by atomic mass is 9.93. The summed E-state index contributed by atoms with van der Waals surface area (Å²) in [5.41, 5.74) is -0.0189. The molecule has 39 heavy (non-hydrogen) atoms. The van der Waals surface area contributed by atoms with Crippen molar-refractivity contribution in [1.29, 1.82) is 5.26 Å². The van der Waals surface area contributed by atoms with Crippen molar-refractivity contribution in [1.82, 2.24) is 0 Å². The molecule has 14 heteroatoms. The van der Waals surface area contributed by atoms with Crippen LogP contribution in [-0.4, -0.2) is 58.3 Å². The zero-order valence-electron chi connectivity index (χ0n) is 20.0. The smallest absolute Gasteiger partial charge is 0.338 e. The van der Waals surface area contributed by atoms with Crippen LogP contribution in [0.25, 0.3) is 0 Å². The molecule has 1 aliphatic rings. The largest absolute Gasteiger partial charge is 0.508 e. The molecule has 0 unspecified atom stereocenters. The molecule has 8 N–H and O–H groups in total. The molecule has 0 saturated heterocycles. The average Bonchev–Trinajstić information content (AvgIpc) is 2.86. The molecular formula is C25H23Cl2NO11. The molecule has 2 atom stereocenters. The standard InChI is InChI=1S/C22H18O11.C2H3N.CH2Cl2/c23-10-5-12(24)11-7-18(33-22(31)9-3-15(27)20(30)16(28)4-9)21(32-17(11)6-10)8-1-13(25)19(29)14(26)2-8;1-2-3;2-1-3/h1-6,18,21,23-30H,7H2;1H3;1H2/t18-,21-;;/m1../s1. The number of carbonyl (C=O) groups is 1. The number of nitriles is 1. The number of aromatic hydroxyl groups is 8. The molecule has 0 bridgehead atoms. The first-order chi connectivity index (χ1) is 18.4. The Morgan fingerprint density at radius 3 is 1.85 bits per heavy atom. The number of alkyl halides is 2. The molecule has 0 aromatic heterocycles. The first-order valence-electron chi connectivity index (χ1n) is 10.7. The Morgan fingerprint density at radius 2 is 1.36 bits per heavy atom. The van der Waals surface area contributed by atoms with Gasteiger partial charge in [0.05, 0.1) is 17.0 Å². The van der Waals surface area contributed by atoms with Gasteiger partial charge in [0.2, 0.25) is 0 Å². The predicted molar refractivity (Wildman–Crippen MR) is 137 cm³/mol. The molecule has 3 aromatic rings. The van der Waals surface area contributed by atoms with E-state index in [4.69, 9.17) is 37.9 Å². The number of phenols is 8. The van der Waals surface area contributed by atoms with E-state index in [1.165, 1.54) is 13.0 Å². The highest BCUT2D eigenvalue weighted by atomic mass is 35.5. The molecule has 208 valence electrons. The van der Waals surface area contributed by atoms with Gasteiger partial charge in [-0.3, -0.25) is 0 Å². The SMILES string of the molecule is CC#N.ClCCl.O=C(O[C@@H]1Cc2c(O)cc(O)cc2O[C@@H]1c1cc(O)c(O)c(O)c1)c1cc(O)c(O)c(O)c1. The Hall–Kier alpha value is -4.60. The third-order valence-electron chi connectivity index (χ3n) is 5.15. The fourth-order valence-electron chi connectivity index (χ4n) is 3.55. The van der Waals surface area contributed by atoms with Crippen molar-refractivity contribution < 1.29 is 55.1 Å². The molecule has 0 saturated carbocycles. The molecular weight excluding hydrogens is 561 g/mol. The number of halogens is 2. The third-order valence-corrected chi connectivity index (χ3v) is 5.15. The molecule has 0 radical (unpaired) electrons. The number of phenolic OH excluding ortho intramolecular Hbond substituents is 8. The van der Waals surface area contributed by atoms with Crippen molar-refractivity contribution >= 4 is 29.2 Å². The number of benzene rings is 3. The summed E-state index contributed by atoms with van der Waals surface area (Å²) in [6.07, 6.45) is -2.49. The van der Waals surface area contributed by atoms with E-state index in [-0.39, 0.29) is 45.7 Å². The number of hydrogen-bond acceptors (Lipinski definition) is 12. The third kappa shape index (κ3) is 7.25. The summed E-state index contributed by atoms with van der Waals surface area (Å²) in [6.45, 7) is 1.43. The van der Waals surface area contributed by atoms with Crippen molar-refractivity contribution in [2.24, 2.45) is 0 Å². The van der Waals surface area contributed by atoms with Crippen LogP contribution in [0.15, 0.2) is 36.4 Å². The van der Waals surface area contributed by atoms with Gasteiger partial charge in [-0.15, -0.1) is 23.2 Å². The van der Waals surface area contributed by atoms with Gasteiger partial charge in [-0.2, -0.15) is 5.26 Å². The van der Waals surface area contributed by atoms with E-state index in [0.717, 1.165) is 30.3 Å². The lowest BCUT2D eigenvalue weighted by molar-refractivity contribution is -0.0189. The van der Waals surface area contributed by atoms with Crippen molar-refractivity contribution in [3.63, 3.8) is 0 Å². The number of rotatable bonds is 3. The number of fused-ring (bicyclic) bond motifs is 1. The van der Waals surface area contributed by atoms with E-state index in [9.17, 15) is 45.6 Å². The highest BCUT2D eigenvalue weighted by Gasteiger charge is 2.37. The van der Waals surface area contributed by atoms with Crippen LogP contribution in [0.2, 0.25) is 0 Å². The molecule has 0 spiro atoms. The van der Waals surface area contributed by atoms with Crippen LogP contribution in [0.3, 0.4) is 0 Å². The Kier molecular flexibility index (Phi) is 10.4. The molecule has 1 heterocycles. The number of nitrogens with zero attached hydrogens (tertiary/aromatic N) is 1. The van der Waals surface area contributed by atoms with Gasteiger partial charge >= 0.3 is 5.97 Å². The number of ether oxygens (including phenoxy) is 2. The molecule has 0 aliphatic carbocycles. The van der Waals surface area contributed by atoms with Crippen molar-refractivity contribution in [3.05, 3.63) is 53.1 Å². The molecule has 12 nitrogen and oxygen atoms in total. The van der Waals surface area contributed by atoms with Gasteiger partial charge in [0.25, 0.3) is 0 Å². The van der Waals surface area contributed by atoms with Gasteiger partial charge in [0, 0.05) is 36.6 Å². The fourth-order valence-corrected chi connectivity index (χ4v) is 3.55. The predicted octanol–water partition coefficient (Wildman–Crippen LogP) is 4.18. The van der Waals surface area contributed by atoms with Crippen LogP contribution in [0.5, 0.6) is 51.7 Å². The highest BCUT2D eigenvalue weighted by molar-refractivity contribution is 6.40. The van der Waals surface area contributed by atoms with Gasteiger partial charge < -0.3 is 50.3 Å². The topological polar surface area (TPSA) is 221 Å². The minimum atomic E-state index is -1.18. The van der Waals surface area contributed by atoms with Gasteiger partial charge in [-0.25, -0.2) is 4.79 Å². The molecule has 3 aromatic carbocycles. The van der Waals surface area contributed by atoms with Gasteiger partial charge in [-0.05, 0) is 24.3 Å². The van der Waals surface area contributed by atoms with Gasteiger partial charge in [0.15, 0.2) is 40.6 Å². The minimum absolute atomic E-state index is 0.0526. The molecule has 0 fully saturated rings. The van der Waals surface area contributed by atoms with Crippen LogP contribution in [0.4, 0.5) is 0 Å². The van der Waals surface area contributed by atoms with Crippen LogP contribution in [0.1, 0.15) is 34.5 Å². The van der Waals surface area contributed by atoms with E-state index in [2.05, 4.69) is 0 Å². The highest BCUT2D eigenvalue weighted by Crippen LogP contribution is 2.46. The summed E-state index contributed by atoms with van der Waals surface area (Å²) >= 11 is 9.53. The lowest BCUT2D eigenvalue weighted by Crippen LogP contribution is -2.34. The van der Waals surface area contributed by atoms with Crippen LogP contribution in [-0.2, 0) is 11.2 Å². The number of esters is 1. The number of carbonyl (C=O) groups excluding carboxylic acids is 1. The maximum atomic E-state index is 12.7. The van der Waals surface area contributed by atoms with Crippen molar-refractivity contribution in [2.45, 2.75) is 25.6 Å². The summed E-state index contributed by atoms with van der Waals surface area (Å²) < 4.78 is 11.3. The van der Waals surface area contributed by atoms with E-state index in [1.807, 2.05) is 0 Å². The van der Waals surface area contributed by atoms with Gasteiger partial charge in [-0.1, -0.05) is 0 Å². The summed E-state index contributed by atoms with van der Waals surface area (Å²) in [7, 11) is 0. The van der Waals surface area contributed by atoms with Crippen LogP contribution in [0, 0.1) is 11.3 Å². The maximum absolute atomic E-state index is 12.7. The second-order valence-electron chi connectivity index (χ2n) is 7.72. The summed E-state index contributed by atoms with van der Waals surface area (Å²) in [5.74, 6) is -6.06. The average molecular weight is 584 g/mol. The fraction of sp³-hybridized carbons (Fsp3) is 0.200. The Bertz CT molecular complexity index is 1350. The Balaban J connectivity index is 0.000000815. The normalized spacial score (nSPS) is 15.1. The maximum Gasteiger partial charge on any atom is 0.338 e. The second kappa shape index (κ2) is 13.3. The molecule has 4 rings (SSSR count).